The number of fused-ring (bicyclic) bond motifs is 2. The van der Waals surface area contributed by atoms with Crippen LogP contribution in [0, 0.1) is 6.92 Å². The number of rotatable bonds is 8. The van der Waals surface area contributed by atoms with E-state index < -0.39 is 10.0 Å². The molecular weight excluding hydrogens is 484 g/mol. The van der Waals surface area contributed by atoms with Gasteiger partial charge in [-0.3, -0.25) is 4.31 Å². The first-order valence-electron chi connectivity index (χ1n) is 11.8. The minimum atomic E-state index is -3.71. The summed E-state index contributed by atoms with van der Waals surface area (Å²) < 4.78 is 31.6. The zero-order valence-corrected chi connectivity index (χ0v) is 23.3. The minimum absolute atomic E-state index is 0.368. The Hall–Kier alpha value is -1.86. The van der Waals surface area contributed by atoms with Crippen molar-refractivity contribution in [3.63, 3.8) is 0 Å². The molecule has 0 atom stereocenters. The van der Waals surface area contributed by atoms with Gasteiger partial charge in [0.15, 0.2) is 0 Å². The van der Waals surface area contributed by atoms with Crippen molar-refractivity contribution in [3.8, 4) is 0 Å². The molecule has 0 saturated carbocycles. The van der Waals surface area contributed by atoms with Gasteiger partial charge in [0.05, 0.1) is 32.9 Å². The van der Waals surface area contributed by atoms with E-state index in [9.17, 15) is 8.42 Å². The van der Waals surface area contributed by atoms with Crippen LogP contribution in [0.1, 0.15) is 43.9 Å². The Balaban J connectivity index is 1.73. The van der Waals surface area contributed by atoms with Crippen LogP contribution in [0.2, 0.25) is 5.02 Å². The standard InChI is InChI=1S/C27H34ClN2O2S2/c1-7-29(34(31,32)27-19(4)24-16-21(28)10-12-26(24)33-27)22-11-9-20-15-18(3)23(25(20)17-22)13-14-30(5,6)8-2/h9-12,16-17H,7-8,13-15H2,1-6H3/q+1. The zero-order valence-electron chi connectivity index (χ0n) is 20.9. The normalized spacial score (nSPS) is 14.2. The number of halogens is 1. The van der Waals surface area contributed by atoms with Gasteiger partial charge in [-0.15, -0.1) is 11.3 Å². The molecule has 0 unspecified atom stereocenters. The van der Waals surface area contributed by atoms with Crippen molar-refractivity contribution in [3.05, 3.63) is 63.7 Å². The molecule has 4 nitrogen and oxygen atoms in total. The first-order chi connectivity index (χ1) is 16.0. The lowest BCUT2D eigenvalue weighted by atomic mass is 10.0. The largest absolute Gasteiger partial charge is 0.328 e. The number of nitrogens with zero attached hydrogens (tertiary/aromatic N) is 2. The summed E-state index contributed by atoms with van der Waals surface area (Å²) in [6.07, 6.45) is 1.94. The van der Waals surface area contributed by atoms with Gasteiger partial charge in [-0.2, -0.15) is 0 Å². The summed E-state index contributed by atoms with van der Waals surface area (Å²) in [7, 11) is 0.808. The summed E-state index contributed by atoms with van der Waals surface area (Å²) >= 11 is 7.50. The summed E-state index contributed by atoms with van der Waals surface area (Å²) in [6.45, 7) is 10.7. The fourth-order valence-corrected chi connectivity index (χ4v) is 8.19. The van der Waals surface area contributed by atoms with Crippen molar-refractivity contribution in [1.82, 2.24) is 0 Å². The number of allylic oxidation sites excluding steroid dienone is 1. The molecule has 0 radical (unpaired) electrons. The molecule has 7 heteroatoms. The molecule has 1 aliphatic carbocycles. The van der Waals surface area contributed by atoms with E-state index in [0.717, 1.165) is 51.8 Å². The Bertz CT molecular complexity index is 1390. The van der Waals surface area contributed by atoms with Crippen LogP contribution in [0.15, 0.2) is 46.2 Å². The first kappa shape index (κ1) is 25.2. The van der Waals surface area contributed by atoms with Gasteiger partial charge in [-0.05, 0) is 92.1 Å². The highest BCUT2D eigenvalue weighted by molar-refractivity contribution is 7.95. The van der Waals surface area contributed by atoms with Gasteiger partial charge >= 0.3 is 0 Å². The Morgan fingerprint density at radius 2 is 1.82 bits per heavy atom. The molecule has 0 fully saturated rings. The number of hydrogen-bond donors (Lipinski definition) is 0. The lowest BCUT2D eigenvalue weighted by molar-refractivity contribution is -0.887. The van der Waals surface area contributed by atoms with Crippen LogP contribution >= 0.6 is 22.9 Å². The molecule has 4 rings (SSSR count). The van der Waals surface area contributed by atoms with Gasteiger partial charge in [0, 0.05) is 22.7 Å². The molecule has 0 aliphatic heterocycles. The number of hydrogen-bond acceptors (Lipinski definition) is 3. The maximum Gasteiger partial charge on any atom is 0.274 e. The number of aryl methyl sites for hydroxylation is 1. The van der Waals surface area contributed by atoms with Gasteiger partial charge in [0.2, 0.25) is 0 Å². The Labute approximate surface area is 213 Å². The van der Waals surface area contributed by atoms with E-state index >= 15 is 0 Å². The van der Waals surface area contributed by atoms with E-state index in [2.05, 4.69) is 40.1 Å². The van der Waals surface area contributed by atoms with Gasteiger partial charge in [0.1, 0.15) is 4.21 Å². The maximum atomic E-state index is 13.9. The fraction of sp³-hybridized carbons (Fsp3) is 0.407. The van der Waals surface area contributed by atoms with E-state index in [1.54, 1.807) is 4.31 Å². The predicted octanol–water partition coefficient (Wildman–Crippen LogP) is 6.89. The van der Waals surface area contributed by atoms with Crippen molar-refractivity contribution >= 4 is 54.3 Å². The minimum Gasteiger partial charge on any atom is -0.328 e. The Kier molecular flexibility index (Phi) is 6.91. The molecular formula is C27H34ClN2O2S2+. The quantitative estimate of drug-likeness (QED) is 0.305. The molecule has 182 valence electrons. The van der Waals surface area contributed by atoms with E-state index in [4.69, 9.17) is 11.6 Å². The van der Waals surface area contributed by atoms with Gasteiger partial charge in [-0.25, -0.2) is 8.42 Å². The van der Waals surface area contributed by atoms with Crippen molar-refractivity contribution in [2.45, 2.75) is 44.7 Å². The van der Waals surface area contributed by atoms with E-state index in [1.807, 2.05) is 38.1 Å². The summed E-state index contributed by atoms with van der Waals surface area (Å²) in [6, 6.07) is 11.7. The molecule has 0 amide bonds. The van der Waals surface area contributed by atoms with Crippen molar-refractivity contribution in [2.75, 3.05) is 38.0 Å². The summed E-state index contributed by atoms with van der Waals surface area (Å²) in [5.74, 6) is 0. The first-order valence-corrected chi connectivity index (χ1v) is 14.5. The molecule has 34 heavy (non-hydrogen) atoms. The van der Waals surface area contributed by atoms with E-state index in [0.29, 0.717) is 15.8 Å². The summed E-state index contributed by atoms with van der Waals surface area (Å²) in [5.41, 5.74) is 6.76. The molecule has 0 saturated heterocycles. The fourth-order valence-electron chi connectivity index (χ4n) is 4.71. The van der Waals surface area contributed by atoms with E-state index in [-0.39, 0.29) is 0 Å². The highest BCUT2D eigenvalue weighted by Gasteiger charge is 2.30. The third-order valence-corrected chi connectivity index (χ3v) is 11.2. The second kappa shape index (κ2) is 9.30. The average molecular weight is 518 g/mol. The third-order valence-electron chi connectivity index (χ3n) is 7.17. The molecule has 0 spiro atoms. The second-order valence-electron chi connectivity index (χ2n) is 9.83. The van der Waals surface area contributed by atoms with Crippen molar-refractivity contribution in [2.24, 2.45) is 0 Å². The monoisotopic (exact) mass is 517 g/mol. The third kappa shape index (κ3) is 4.53. The Morgan fingerprint density at radius 1 is 1.09 bits per heavy atom. The van der Waals surface area contributed by atoms with Crippen LogP contribution < -0.4 is 4.31 Å². The SMILES string of the molecule is CCN(c1ccc2c(c1)C(CC[N+](C)(C)CC)=C(C)C2)S(=O)(=O)c1sc2ccc(Cl)cc2c1C. The van der Waals surface area contributed by atoms with Crippen LogP contribution in [-0.2, 0) is 16.4 Å². The number of thiophene rings is 1. The topological polar surface area (TPSA) is 37.4 Å². The molecule has 1 aromatic heterocycles. The highest BCUT2D eigenvalue weighted by atomic mass is 35.5. The highest BCUT2D eigenvalue weighted by Crippen LogP contribution is 2.41. The van der Waals surface area contributed by atoms with Crippen LogP contribution in [0.3, 0.4) is 0 Å². The average Bonchev–Trinajstić information content (AvgIpc) is 3.28. The van der Waals surface area contributed by atoms with E-state index in [1.165, 1.54) is 33.6 Å². The van der Waals surface area contributed by atoms with Gasteiger partial charge in [-0.1, -0.05) is 23.2 Å². The predicted molar refractivity (Wildman–Crippen MR) is 147 cm³/mol. The lowest BCUT2D eigenvalue weighted by Crippen LogP contribution is -2.40. The molecule has 1 aliphatic rings. The molecule has 2 aromatic carbocycles. The molecule has 1 heterocycles. The number of sulfonamides is 1. The van der Waals surface area contributed by atoms with Crippen molar-refractivity contribution < 1.29 is 12.9 Å². The van der Waals surface area contributed by atoms with Gasteiger partial charge in [0.25, 0.3) is 10.0 Å². The van der Waals surface area contributed by atoms with Crippen LogP contribution in [0.5, 0.6) is 0 Å². The van der Waals surface area contributed by atoms with Crippen LogP contribution in [0.4, 0.5) is 5.69 Å². The zero-order chi connectivity index (χ0) is 24.8. The number of quaternary nitrogens is 1. The number of anilines is 1. The molecule has 0 N–H and O–H groups in total. The summed E-state index contributed by atoms with van der Waals surface area (Å²) in [5, 5.41) is 1.52. The van der Waals surface area contributed by atoms with Crippen LogP contribution in [0.25, 0.3) is 15.7 Å². The maximum absolute atomic E-state index is 13.9. The van der Waals surface area contributed by atoms with Crippen LogP contribution in [-0.4, -0.2) is 46.6 Å². The molecule has 0 bridgehead atoms. The second-order valence-corrected chi connectivity index (χ2v) is 13.4. The van der Waals surface area contributed by atoms with Crippen molar-refractivity contribution in [1.29, 1.82) is 0 Å². The van der Waals surface area contributed by atoms with Gasteiger partial charge < -0.3 is 4.48 Å². The smallest absolute Gasteiger partial charge is 0.274 e. The Morgan fingerprint density at radius 3 is 2.50 bits per heavy atom. The number of benzene rings is 2. The molecule has 3 aromatic rings. The summed E-state index contributed by atoms with van der Waals surface area (Å²) in [4.78, 5) is 0. The lowest BCUT2D eigenvalue weighted by Gasteiger charge is -2.29.